The van der Waals surface area contributed by atoms with Gasteiger partial charge in [0.1, 0.15) is 6.10 Å². The minimum Gasteiger partial charge on any atom is -0.460 e. The first-order valence-electron chi connectivity index (χ1n) is 9.48. The molecule has 0 fully saturated rings. The summed E-state index contributed by atoms with van der Waals surface area (Å²) in [5.41, 5.74) is 0. The molecule has 0 aliphatic heterocycles. The Morgan fingerprint density at radius 3 is 2.17 bits per heavy atom. The van der Waals surface area contributed by atoms with Crippen molar-refractivity contribution in [2.75, 3.05) is 19.8 Å². The van der Waals surface area contributed by atoms with E-state index in [9.17, 15) is 4.79 Å². The van der Waals surface area contributed by atoms with Crippen molar-refractivity contribution >= 4 is 5.97 Å². The predicted octanol–water partition coefficient (Wildman–Crippen LogP) is 4.89. The number of ether oxygens (including phenoxy) is 3. The Hall–Kier alpha value is -0.610. The van der Waals surface area contributed by atoms with Crippen molar-refractivity contribution in [3.8, 4) is 0 Å². The van der Waals surface area contributed by atoms with E-state index in [-0.39, 0.29) is 18.2 Å². The van der Waals surface area contributed by atoms with Crippen LogP contribution >= 0.6 is 0 Å². The summed E-state index contributed by atoms with van der Waals surface area (Å²) >= 11 is 0. The first kappa shape index (κ1) is 22.4. The van der Waals surface area contributed by atoms with E-state index in [4.69, 9.17) is 14.2 Å². The normalized spacial score (nSPS) is 13.7. The molecule has 0 bridgehead atoms. The van der Waals surface area contributed by atoms with Gasteiger partial charge < -0.3 is 14.2 Å². The van der Waals surface area contributed by atoms with Crippen molar-refractivity contribution in [2.45, 2.75) is 97.7 Å². The summed E-state index contributed by atoms with van der Waals surface area (Å²) in [6.07, 6.45) is 9.66. The second kappa shape index (κ2) is 16.3. The largest absolute Gasteiger partial charge is 0.460 e. The molecule has 0 spiro atoms. The predicted molar refractivity (Wildman–Crippen MR) is 94.7 cm³/mol. The lowest BCUT2D eigenvalue weighted by Crippen LogP contribution is -2.25. The van der Waals surface area contributed by atoms with Crippen molar-refractivity contribution < 1.29 is 19.0 Å². The van der Waals surface area contributed by atoms with Crippen LogP contribution in [0.2, 0.25) is 0 Å². The summed E-state index contributed by atoms with van der Waals surface area (Å²) in [4.78, 5) is 11.7. The maximum Gasteiger partial charge on any atom is 0.306 e. The summed E-state index contributed by atoms with van der Waals surface area (Å²) in [6.45, 7) is 10.0. The van der Waals surface area contributed by atoms with Gasteiger partial charge in [-0.2, -0.15) is 0 Å². The van der Waals surface area contributed by atoms with Gasteiger partial charge in [-0.1, -0.05) is 52.4 Å². The summed E-state index contributed by atoms with van der Waals surface area (Å²) in [7, 11) is 0. The number of carbonyl (C=O) groups excluding carboxylic acids is 1. The Kier molecular flexibility index (Phi) is 15.8. The molecule has 0 rings (SSSR count). The lowest BCUT2D eigenvalue weighted by molar-refractivity contribution is -0.152. The molecule has 0 radical (unpaired) electrons. The second-order valence-electron chi connectivity index (χ2n) is 6.39. The first-order valence-corrected chi connectivity index (χ1v) is 9.48. The number of carbonyl (C=O) groups is 1. The quantitative estimate of drug-likeness (QED) is 0.298. The zero-order chi connectivity index (χ0) is 17.3. The second-order valence-corrected chi connectivity index (χ2v) is 6.39. The van der Waals surface area contributed by atoms with E-state index in [0.29, 0.717) is 19.6 Å². The third-order valence-electron chi connectivity index (χ3n) is 3.68. The minimum atomic E-state index is -0.194. The maximum atomic E-state index is 11.7. The van der Waals surface area contributed by atoms with Crippen LogP contribution in [0.5, 0.6) is 0 Å². The molecule has 0 N–H and O–H groups in total. The Morgan fingerprint density at radius 1 is 0.826 bits per heavy atom. The fourth-order valence-corrected chi connectivity index (χ4v) is 2.21. The molecule has 0 aliphatic carbocycles. The monoisotopic (exact) mass is 330 g/mol. The van der Waals surface area contributed by atoms with E-state index in [2.05, 4.69) is 13.8 Å². The van der Waals surface area contributed by atoms with Gasteiger partial charge in [-0.25, -0.2) is 0 Å². The SMILES string of the molecule is CCCCCCCCC(=O)OC(C)COC(C)COCCCC. The molecule has 2 unspecified atom stereocenters. The Labute approximate surface area is 143 Å². The van der Waals surface area contributed by atoms with E-state index in [1.165, 1.54) is 25.7 Å². The molecule has 0 aromatic heterocycles. The van der Waals surface area contributed by atoms with Crippen molar-refractivity contribution in [1.82, 2.24) is 0 Å². The maximum absolute atomic E-state index is 11.7. The van der Waals surface area contributed by atoms with Gasteiger partial charge in [-0.3, -0.25) is 4.79 Å². The molecular formula is C19H38O4. The van der Waals surface area contributed by atoms with E-state index < -0.39 is 0 Å². The van der Waals surface area contributed by atoms with E-state index >= 15 is 0 Å². The molecule has 0 saturated heterocycles. The van der Waals surface area contributed by atoms with Crippen LogP contribution in [0.1, 0.15) is 85.5 Å². The van der Waals surface area contributed by atoms with Crippen LogP contribution in [0.25, 0.3) is 0 Å². The summed E-state index contributed by atoms with van der Waals surface area (Å²) in [5.74, 6) is -0.108. The van der Waals surface area contributed by atoms with Crippen molar-refractivity contribution in [1.29, 1.82) is 0 Å². The van der Waals surface area contributed by atoms with Crippen LogP contribution in [0, 0.1) is 0 Å². The third kappa shape index (κ3) is 16.0. The van der Waals surface area contributed by atoms with E-state index in [1.807, 2.05) is 13.8 Å². The topological polar surface area (TPSA) is 44.8 Å². The van der Waals surface area contributed by atoms with Crippen molar-refractivity contribution in [3.63, 3.8) is 0 Å². The smallest absolute Gasteiger partial charge is 0.306 e. The first-order chi connectivity index (χ1) is 11.1. The van der Waals surface area contributed by atoms with Crippen molar-refractivity contribution in [2.24, 2.45) is 0 Å². The van der Waals surface area contributed by atoms with Gasteiger partial charge in [0.2, 0.25) is 0 Å². The van der Waals surface area contributed by atoms with Crippen molar-refractivity contribution in [3.05, 3.63) is 0 Å². The molecule has 0 aromatic rings. The molecule has 2 atom stereocenters. The summed E-state index contributed by atoms with van der Waals surface area (Å²) in [5, 5.41) is 0. The molecule has 0 aliphatic rings. The summed E-state index contributed by atoms with van der Waals surface area (Å²) in [6, 6.07) is 0. The lowest BCUT2D eigenvalue weighted by atomic mass is 10.1. The molecule has 0 saturated carbocycles. The van der Waals surface area contributed by atoms with Gasteiger partial charge >= 0.3 is 5.97 Å². The lowest BCUT2D eigenvalue weighted by Gasteiger charge is -2.17. The molecule has 23 heavy (non-hydrogen) atoms. The number of esters is 1. The highest BCUT2D eigenvalue weighted by Gasteiger charge is 2.11. The van der Waals surface area contributed by atoms with Gasteiger partial charge in [0.15, 0.2) is 0 Å². The fourth-order valence-electron chi connectivity index (χ4n) is 2.21. The number of unbranched alkanes of at least 4 members (excludes halogenated alkanes) is 6. The highest BCUT2D eigenvalue weighted by atomic mass is 16.6. The average Bonchev–Trinajstić information content (AvgIpc) is 2.53. The van der Waals surface area contributed by atoms with Crippen LogP contribution in [-0.4, -0.2) is 38.0 Å². The summed E-state index contributed by atoms with van der Waals surface area (Å²) < 4.78 is 16.5. The third-order valence-corrected chi connectivity index (χ3v) is 3.68. The zero-order valence-electron chi connectivity index (χ0n) is 15.8. The zero-order valence-corrected chi connectivity index (χ0v) is 15.8. The Balaban J connectivity index is 3.52. The molecular weight excluding hydrogens is 292 g/mol. The van der Waals surface area contributed by atoms with Gasteiger partial charge in [0.05, 0.1) is 19.3 Å². The van der Waals surface area contributed by atoms with Crippen LogP contribution in [0.3, 0.4) is 0 Å². The van der Waals surface area contributed by atoms with Gasteiger partial charge in [-0.15, -0.1) is 0 Å². The molecule has 0 heterocycles. The average molecular weight is 331 g/mol. The van der Waals surface area contributed by atoms with Gasteiger partial charge in [0.25, 0.3) is 0 Å². The highest BCUT2D eigenvalue weighted by molar-refractivity contribution is 5.69. The van der Waals surface area contributed by atoms with Crippen LogP contribution in [0.4, 0.5) is 0 Å². The highest BCUT2D eigenvalue weighted by Crippen LogP contribution is 2.08. The van der Waals surface area contributed by atoms with Crippen LogP contribution < -0.4 is 0 Å². The number of rotatable bonds is 16. The number of hydrogen-bond acceptors (Lipinski definition) is 4. The van der Waals surface area contributed by atoms with Gasteiger partial charge in [0, 0.05) is 13.0 Å². The minimum absolute atomic E-state index is 0.0339. The Morgan fingerprint density at radius 2 is 1.48 bits per heavy atom. The van der Waals surface area contributed by atoms with E-state index in [1.54, 1.807) is 0 Å². The standard InChI is InChI=1S/C19H38O4/c1-5-7-9-10-11-12-13-19(20)23-18(4)16-22-17(3)15-21-14-8-6-2/h17-18H,5-16H2,1-4H3. The molecule has 4 heteroatoms. The molecule has 4 nitrogen and oxygen atoms in total. The van der Waals surface area contributed by atoms with Crippen LogP contribution in [0.15, 0.2) is 0 Å². The van der Waals surface area contributed by atoms with Gasteiger partial charge in [-0.05, 0) is 26.7 Å². The number of hydrogen-bond donors (Lipinski definition) is 0. The molecule has 138 valence electrons. The van der Waals surface area contributed by atoms with E-state index in [0.717, 1.165) is 32.3 Å². The molecule has 0 amide bonds. The Bertz CT molecular complexity index is 268. The fraction of sp³-hybridized carbons (Fsp3) is 0.947. The molecule has 0 aromatic carbocycles. The van der Waals surface area contributed by atoms with Crippen LogP contribution in [-0.2, 0) is 19.0 Å².